The smallest absolute Gasteiger partial charge is 0.206 e. The fourth-order valence-electron chi connectivity index (χ4n) is 1.58. The van der Waals surface area contributed by atoms with Crippen molar-refractivity contribution in [2.45, 2.75) is 9.79 Å². The summed E-state index contributed by atoms with van der Waals surface area (Å²) in [6.45, 7) is 0. The molecule has 0 unspecified atom stereocenters. The van der Waals surface area contributed by atoms with Gasteiger partial charge in [0.05, 0.1) is 16.9 Å². The van der Waals surface area contributed by atoms with Crippen molar-refractivity contribution in [3.05, 3.63) is 53.8 Å². The SMILES string of the molecule is COc1ccc(S(=O)(=O)c2cc(F)c(F)c(F)c2)cc1. The standard InChI is InChI=1S/C13H9F3O3S/c1-19-8-2-4-9(5-3-8)20(17,18)10-6-11(14)13(16)12(15)7-10/h2-7H,1H3. The Morgan fingerprint density at radius 2 is 1.40 bits per heavy atom. The predicted molar refractivity (Wildman–Crippen MR) is 64.8 cm³/mol. The first kappa shape index (κ1) is 14.4. The quantitative estimate of drug-likeness (QED) is 0.647. The number of ether oxygens (including phenoxy) is 1. The molecule has 20 heavy (non-hydrogen) atoms. The summed E-state index contributed by atoms with van der Waals surface area (Å²) in [5, 5.41) is 0. The van der Waals surface area contributed by atoms with E-state index < -0.39 is 32.2 Å². The lowest BCUT2D eigenvalue weighted by atomic mass is 10.3. The van der Waals surface area contributed by atoms with E-state index in [0.717, 1.165) is 0 Å². The van der Waals surface area contributed by atoms with Gasteiger partial charge in [-0.15, -0.1) is 0 Å². The molecule has 0 atom stereocenters. The topological polar surface area (TPSA) is 43.4 Å². The van der Waals surface area contributed by atoms with Crippen LogP contribution in [0.15, 0.2) is 46.2 Å². The van der Waals surface area contributed by atoms with Crippen LogP contribution in [0, 0.1) is 17.5 Å². The molecule has 2 aromatic carbocycles. The van der Waals surface area contributed by atoms with Gasteiger partial charge in [-0.3, -0.25) is 0 Å². The number of benzene rings is 2. The number of hydrogen-bond donors (Lipinski definition) is 0. The molecule has 0 aromatic heterocycles. The summed E-state index contributed by atoms with van der Waals surface area (Å²) in [6.07, 6.45) is 0. The molecule has 0 bridgehead atoms. The Morgan fingerprint density at radius 1 is 0.900 bits per heavy atom. The maximum absolute atomic E-state index is 13.1. The lowest BCUT2D eigenvalue weighted by Crippen LogP contribution is -2.05. The molecule has 106 valence electrons. The van der Waals surface area contributed by atoms with Crippen LogP contribution in [-0.4, -0.2) is 15.5 Å². The van der Waals surface area contributed by atoms with Crippen LogP contribution in [0.25, 0.3) is 0 Å². The summed E-state index contributed by atoms with van der Waals surface area (Å²) in [7, 11) is -2.72. The second-order valence-corrected chi connectivity index (χ2v) is 5.83. The summed E-state index contributed by atoms with van der Waals surface area (Å²) < 4.78 is 68.2. The molecule has 2 aromatic rings. The third kappa shape index (κ3) is 2.49. The zero-order valence-corrected chi connectivity index (χ0v) is 11.0. The monoisotopic (exact) mass is 302 g/mol. The number of halogens is 3. The average Bonchev–Trinajstić information content (AvgIpc) is 2.44. The van der Waals surface area contributed by atoms with Gasteiger partial charge >= 0.3 is 0 Å². The van der Waals surface area contributed by atoms with E-state index in [1.807, 2.05) is 0 Å². The van der Waals surface area contributed by atoms with E-state index in [4.69, 9.17) is 4.74 Å². The molecule has 0 N–H and O–H groups in total. The summed E-state index contributed by atoms with van der Waals surface area (Å²) in [5.41, 5.74) is 0. The van der Waals surface area contributed by atoms with Gasteiger partial charge in [0.15, 0.2) is 17.5 Å². The molecule has 0 spiro atoms. The summed E-state index contributed by atoms with van der Waals surface area (Å²) >= 11 is 0. The van der Waals surface area contributed by atoms with Gasteiger partial charge in [-0.1, -0.05) is 0 Å². The van der Waals surface area contributed by atoms with Crippen molar-refractivity contribution in [2.75, 3.05) is 7.11 Å². The van der Waals surface area contributed by atoms with Crippen molar-refractivity contribution in [1.82, 2.24) is 0 Å². The van der Waals surface area contributed by atoms with Gasteiger partial charge in [-0.05, 0) is 36.4 Å². The Balaban J connectivity index is 2.54. The summed E-state index contributed by atoms with van der Waals surface area (Å²) in [4.78, 5) is -0.831. The first-order chi connectivity index (χ1) is 9.36. The lowest BCUT2D eigenvalue weighted by Gasteiger charge is -2.07. The molecule has 0 heterocycles. The first-order valence-electron chi connectivity index (χ1n) is 5.40. The van der Waals surface area contributed by atoms with Crippen molar-refractivity contribution in [3.63, 3.8) is 0 Å². The molecule has 0 fully saturated rings. The van der Waals surface area contributed by atoms with Crippen LogP contribution in [0.1, 0.15) is 0 Å². The molecule has 0 saturated heterocycles. The fraction of sp³-hybridized carbons (Fsp3) is 0.0769. The van der Waals surface area contributed by atoms with Crippen LogP contribution >= 0.6 is 0 Å². The molecule has 2 rings (SSSR count). The molecule has 3 nitrogen and oxygen atoms in total. The minimum atomic E-state index is -4.13. The fourth-order valence-corrected chi connectivity index (χ4v) is 2.86. The summed E-state index contributed by atoms with van der Waals surface area (Å²) in [6, 6.07) is 6.13. The molecule has 7 heteroatoms. The Labute approximate surface area is 113 Å². The highest BCUT2D eigenvalue weighted by atomic mass is 32.2. The minimum absolute atomic E-state index is 0.177. The first-order valence-corrected chi connectivity index (χ1v) is 6.88. The van der Waals surface area contributed by atoms with Crippen molar-refractivity contribution in [2.24, 2.45) is 0 Å². The molecular formula is C13H9F3O3S. The number of sulfone groups is 1. The number of rotatable bonds is 3. The van der Waals surface area contributed by atoms with E-state index in [-0.39, 0.29) is 4.90 Å². The van der Waals surface area contributed by atoms with E-state index in [2.05, 4.69) is 0 Å². The molecule has 0 radical (unpaired) electrons. The molecule has 0 aliphatic heterocycles. The van der Waals surface area contributed by atoms with Crippen molar-refractivity contribution in [3.8, 4) is 5.75 Å². The maximum Gasteiger partial charge on any atom is 0.206 e. The molecule has 0 amide bonds. The normalized spacial score (nSPS) is 11.4. The Morgan fingerprint density at radius 3 is 1.85 bits per heavy atom. The summed E-state index contributed by atoms with van der Waals surface area (Å²) in [5.74, 6) is -4.40. The van der Waals surface area contributed by atoms with Crippen LogP contribution in [0.5, 0.6) is 5.75 Å². The van der Waals surface area contributed by atoms with E-state index >= 15 is 0 Å². The average molecular weight is 302 g/mol. The van der Waals surface area contributed by atoms with Crippen LogP contribution in [-0.2, 0) is 9.84 Å². The van der Waals surface area contributed by atoms with Crippen LogP contribution in [0.4, 0.5) is 13.2 Å². The van der Waals surface area contributed by atoms with E-state index in [1.165, 1.54) is 31.4 Å². The van der Waals surface area contributed by atoms with Gasteiger partial charge in [0.25, 0.3) is 0 Å². The van der Waals surface area contributed by atoms with Crippen molar-refractivity contribution >= 4 is 9.84 Å². The van der Waals surface area contributed by atoms with E-state index in [1.54, 1.807) is 0 Å². The second-order valence-electron chi connectivity index (χ2n) is 3.88. The van der Waals surface area contributed by atoms with Gasteiger partial charge in [0, 0.05) is 0 Å². The van der Waals surface area contributed by atoms with Crippen molar-refractivity contribution < 1.29 is 26.3 Å². The van der Waals surface area contributed by atoms with Gasteiger partial charge in [-0.25, -0.2) is 21.6 Å². The second kappa shape index (κ2) is 5.16. The zero-order valence-electron chi connectivity index (χ0n) is 10.2. The van der Waals surface area contributed by atoms with E-state index in [0.29, 0.717) is 17.9 Å². The number of methoxy groups -OCH3 is 1. The van der Waals surface area contributed by atoms with Crippen molar-refractivity contribution in [1.29, 1.82) is 0 Å². The molecule has 0 aliphatic rings. The van der Waals surface area contributed by atoms with Crippen LogP contribution < -0.4 is 4.74 Å². The maximum atomic E-state index is 13.1. The minimum Gasteiger partial charge on any atom is -0.497 e. The molecule has 0 aliphatic carbocycles. The third-order valence-electron chi connectivity index (χ3n) is 2.64. The van der Waals surface area contributed by atoms with Gasteiger partial charge < -0.3 is 4.74 Å². The van der Waals surface area contributed by atoms with Crippen LogP contribution in [0.2, 0.25) is 0 Å². The zero-order chi connectivity index (χ0) is 14.9. The lowest BCUT2D eigenvalue weighted by molar-refractivity contribution is 0.414. The van der Waals surface area contributed by atoms with Gasteiger partial charge in [-0.2, -0.15) is 0 Å². The third-order valence-corrected chi connectivity index (χ3v) is 4.39. The highest BCUT2D eigenvalue weighted by Crippen LogP contribution is 2.25. The molecular weight excluding hydrogens is 293 g/mol. The highest BCUT2D eigenvalue weighted by Gasteiger charge is 2.22. The largest absolute Gasteiger partial charge is 0.497 e. The van der Waals surface area contributed by atoms with Gasteiger partial charge in [0.2, 0.25) is 9.84 Å². The number of hydrogen-bond acceptors (Lipinski definition) is 3. The Hall–Kier alpha value is -2.02. The Kier molecular flexibility index (Phi) is 3.71. The highest BCUT2D eigenvalue weighted by molar-refractivity contribution is 7.91. The van der Waals surface area contributed by atoms with E-state index in [9.17, 15) is 21.6 Å². The van der Waals surface area contributed by atoms with Crippen LogP contribution in [0.3, 0.4) is 0 Å². The van der Waals surface area contributed by atoms with Gasteiger partial charge in [0.1, 0.15) is 5.75 Å². The Bertz CT molecular complexity index is 717. The predicted octanol–water partition coefficient (Wildman–Crippen LogP) is 2.95. The molecule has 0 saturated carbocycles.